The first-order valence-electron chi connectivity index (χ1n) is 11.6. The zero-order valence-electron chi connectivity index (χ0n) is 20.9. The van der Waals surface area contributed by atoms with E-state index in [-0.39, 0.29) is 12.4 Å². The van der Waals surface area contributed by atoms with Crippen LogP contribution < -0.4 is 9.47 Å². The van der Waals surface area contributed by atoms with Crippen LogP contribution in [-0.4, -0.2) is 49.3 Å². The van der Waals surface area contributed by atoms with Gasteiger partial charge in [-0.1, -0.05) is 36.1 Å². The minimum absolute atomic E-state index is 0.280. The number of carboxylic acid groups (broad SMARTS) is 1. The third-order valence-electron chi connectivity index (χ3n) is 5.31. The van der Waals surface area contributed by atoms with Crippen LogP contribution in [0, 0.1) is 24.6 Å². The topological polar surface area (TPSA) is 59.0 Å². The molecule has 0 amide bonds. The predicted octanol–water partition coefficient (Wildman–Crippen LogP) is 5.41. The first-order valence-corrected chi connectivity index (χ1v) is 11.6. The Labute approximate surface area is 211 Å². The number of rotatable bonds is 9. The van der Waals surface area contributed by atoms with Crippen molar-refractivity contribution in [3.8, 4) is 23.3 Å². The van der Waals surface area contributed by atoms with E-state index in [1.807, 2.05) is 56.3 Å². The maximum absolute atomic E-state index is 13.5. The number of aliphatic carboxylic acids is 1. The molecule has 0 aliphatic rings. The molecule has 0 aliphatic carbocycles. The molecule has 1 unspecified atom stereocenters. The minimum Gasteiger partial charge on any atom is -0.489 e. The quantitative estimate of drug-likeness (QED) is 0.409. The lowest BCUT2D eigenvalue weighted by atomic mass is 9.96. The third kappa shape index (κ3) is 7.72. The number of halogens is 1. The molecule has 3 rings (SSSR count). The second-order valence-electron chi connectivity index (χ2n) is 8.58. The van der Waals surface area contributed by atoms with E-state index in [2.05, 4.69) is 11.8 Å². The summed E-state index contributed by atoms with van der Waals surface area (Å²) in [5.74, 6) is 6.08. The van der Waals surface area contributed by atoms with Gasteiger partial charge in [0.1, 0.15) is 23.9 Å². The average molecular weight is 488 g/mol. The highest BCUT2D eigenvalue weighted by atomic mass is 19.1. The third-order valence-corrected chi connectivity index (χ3v) is 5.31. The van der Waals surface area contributed by atoms with Crippen LogP contribution in [0.1, 0.15) is 29.2 Å². The number of carboxylic acids is 1. The molecule has 3 aromatic carbocycles. The summed E-state index contributed by atoms with van der Waals surface area (Å²) in [6.45, 7) is 4.28. The molecule has 1 atom stereocenters. The Bertz CT molecular complexity index is 1270. The van der Waals surface area contributed by atoms with E-state index >= 15 is 0 Å². The van der Waals surface area contributed by atoms with Gasteiger partial charge in [0.2, 0.25) is 0 Å². The predicted molar refractivity (Wildman–Crippen MR) is 140 cm³/mol. The summed E-state index contributed by atoms with van der Waals surface area (Å²) in [6.07, 6.45) is 1.01. The van der Waals surface area contributed by atoms with Gasteiger partial charge in [-0.2, -0.15) is 0 Å². The van der Waals surface area contributed by atoms with Crippen molar-refractivity contribution in [2.45, 2.75) is 20.0 Å². The Balaban J connectivity index is 1.78. The standard InChI is InChI=1S/C30H30FNO4/c1-21-20-27(15-16-29(21)36-22(2)30(33)34)35-19-17-28(25-11-13-26(31)14-12-25)24-9-7-23(8-10-24)6-5-18-32(3)4/h7-17,20,22H,18-19H2,1-4H3,(H,33,34). The lowest BCUT2D eigenvalue weighted by Crippen LogP contribution is -2.23. The summed E-state index contributed by atoms with van der Waals surface area (Å²) in [5, 5.41) is 9.05. The summed E-state index contributed by atoms with van der Waals surface area (Å²) in [4.78, 5) is 13.1. The fourth-order valence-corrected chi connectivity index (χ4v) is 3.37. The van der Waals surface area contributed by atoms with Gasteiger partial charge in [-0.3, -0.25) is 4.90 Å². The van der Waals surface area contributed by atoms with E-state index in [4.69, 9.17) is 14.6 Å². The zero-order valence-corrected chi connectivity index (χ0v) is 20.9. The zero-order chi connectivity index (χ0) is 26.1. The molecule has 3 aromatic rings. The molecule has 0 heterocycles. The van der Waals surface area contributed by atoms with E-state index < -0.39 is 12.1 Å². The van der Waals surface area contributed by atoms with Crippen molar-refractivity contribution in [3.05, 3.63) is 101 Å². The van der Waals surface area contributed by atoms with Crippen molar-refractivity contribution in [1.29, 1.82) is 0 Å². The number of nitrogens with zero attached hydrogens (tertiary/aromatic N) is 1. The first kappa shape index (κ1) is 26.5. The van der Waals surface area contributed by atoms with Crippen molar-refractivity contribution in [1.82, 2.24) is 4.90 Å². The Morgan fingerprint density at radius 3 is 2.28 bits per heavy atom. The maximum Gasteiger partial charge on any atom is 0.344 e. The normalized spacial score (nSPS) is 12.0. The smallest absolute Gasteiger partial charge is 0.344 e. The summed E-state index contributed by atoms with van der Waals surface area (Å²) in [6, 6.07) is 19.5. The summed E-state index contributed by atoms with van der Waals surface area (Å²) in [7, 11) is 3.95. The molecule has 0 radical (unpaired) electrons. The van der Waals surface area contributed by atoms with Crippen LogP contribution in [0.4, 0.5) is 4.39 Å². The van der Waals surface area contributed by atoms with Gasteiger partial charge in [-0.15, -0.1) is 0 Å². The Hall–Kier alpha value is -4.08. The molecule has 0 aromatic heterocycles. The SMILES string of the molecule is Cc1cc(OCC=C(c2ccc(F)cc2)c2ccc(C#CCN(C)C)cc2)ccc1OC(C)C(=O)O. The van der Waals surface area contributed by atoms with Crippen molar-refractivity contribution in [3.63, 3.8) is 0 Å². The van der Waals surface area contributed by atoms with E-state index in [0.29, 0.717) is 18.0 Å². The molecule has 1 N–H and O–H groups in total. The van der Waals surface area contributed by atoms with Crippen molar-refractivity contribution in [2.75, 3.05) is 27.2 Å². The van der Waals surface area contributed by atoms with Crippen LogP contribution in [0.2, 0.25) is 0 Å². The van der Waals surface area contributed by atoms with E-state index in [1.54, 1.807) is 30.3 Å². The largest absolute Gasteiger partial charge is 0.489 e. The number of hydrogen-bond acceptors (Lipinski definition) is 4. The highest BCUT2D eigenvalue weighted by molar-refractivity contribution is 5.80. The van der Waals surface area contributed by atoms with Crippen LogP contribution in [0.3, 0.4) is 0 Å². The number of benzene rings is 3. The molecule has 0 spiro atoms. The summed E-state index contributed by atoms with van der Waals surface area (Å²) < 4.78 is 24.9. The fraction of sp³-hybridized carbons (Fsp3) is 0.233. The fourth-order valence-electron chi connectivity index (χ4n) is 3.37. The lowest BCUT2D eigenvalue weighted by Gasteiger charge is -2.14. The number of carbonyl (C=O) groups is 1. The molecule has 0 saturated heterocycles. The van der Waals surface area contributed by atoms with E-state index in [0.717, 1.165) is 27.8 Å². The van der Waals surface area contributed by atoms with Crippen LogP contribution in [0.25, 0.3) is 5.57 Å². The first-order chi connectivity index (χ1) is 17.2. The molecule has 36 heavy (non-hydrogen) atoms. The number of aryl methyl sites for hydroxylation is 1. The lowest BCUT2D eigenvalue weighted by molar-refractivity contribution is -0.144. The van der Waals surface area contributed by atoms with Gasteiger partial charge >= 0.3 is 5.97 Å². The minimum atomic E-state index is -1.03. The molecule has 5 nitrogen and oxygen atoms in total. The van der Waals surface area contributed by atoms with Gasteiger partial charge in [0.15, 0.2) is 6.10 Å². The molecule has 186 valence electrons. The van der Waals surface area contributed by atoms with E-state index in [9.17, 15) is 9.18 Å². The molecule has 6 heteroatoms. The second-order valence-corrected chi connectivity index (χ2v) is 8.58. The van der Waals surface area contributed by atoms with Gasteiger partial charge in [0, 0.05) is 5.56 Å². The van der Waals surface area contributed by atoms with E-state index in [1.165, 1.54) is 19.1 Å². The average Bonchev–Trinajstić information content (AvgIpc) is 2.84. The monoisotopic (exact) mass is 487 g/mol. The molecular weight excluding hydrogens is 457 g/mol. The molecule has 0 bridgehead atoms. The van der Waals surface area contributed by atoms with Crippen molar-refractivity contribution in [2.24, 2.45) is 0 Å². The Kier molecular flexibility index (Phi) is 9.26. The maximum atomic E-state index is 13.5. The molecule has 0 aliphatic heterocycles. The molecule has 0 fully saturated rings. The highest BCUT2D eigenvalue weighted by Gasteiger charge is 2.14. The van der Waals surface area contributed by atoms with Gasteiger partial charge in [-0.25, -0.2) is 9.18 Å². The van der Waals surface area contributed by atoms with Gasteiger partial charge < -0.3 is 14.6 Å². The number of ether oxygens (including phenoxy) is 2. The Morgan fingerprint density at radius 1 is 1.06 bits per heavy atom. The van der Waals surface area contributed by atoms with Gasteiger partial charge in [0.25, 0.3) is 0 Å². The summed E-state index contributed by atoms with van der Waals surface area (Å²) >= 11 is 0. The molecular formula is C30H30FNO4. The van der Waals surface area contributed by atoms with Crippen LogP contribution in [-0.2, 0) is 4.79 Å². The highest BCUT2D eigenvalue weighted by Crippen LogP contribution is 2.26. The number of hydrogen-bond donors (Lipinski definition) is 1. The molecule has 0 saturated carbocycles. The Morgan fingerprint density at radius 2 is 1.69 bits per heavy atom. The van der Waals surface area contributed by atoms with Crippen LogP contribution in [0.15, 0.2) is 72.8 Å². The van der Waals surface area contributed by atoms with Crippen molar-refractivity contribution >= 4 is 11.5 Å². The van der Waals surface area contributed by atoms with Crippen LogP contribution in [0.5, 0.6) is 11.5 Å². The summed E-state index contributed by atoms with van der Waals surface area (Å²) in [5.41, 5.74) is 4.44. The van der Waals surface area contributed by atoms with Crippen LogP contribution >= 0.6 is 0 Å². The van der Waals surface area contributed by atoms with Gasteiger partial charge in [0.05, 0.1) is 6.54 Å². The van der Waals surface area contributed by atoms with Gasteiger partial charge in [-0.05, 0) is 98.7 Å². The van der Waals surface area contributed by atoms with Crippen molar-refractivity contribution < 1.29 is 23.8 Å². The second kappa shape index (κ2) is 12.6.